The minimum Gasteiger partial charge on any atom is -0.481 e. The molecule has 17 heavy (non-hydrogen) atoms. The first-order valence-corrected chi connectivity index (χ1v) is 5.56. The molecule has 0 spiro atoms. The molecule has 2 aromatic heterocycles. The fraction of sp³-hybridized carbons (Fsp3) is 0.417. The highest BCUT2D eigenvalue weighted by Gasteiger charge is 2.14. The van der Waals surface area contributed by atoms with E-state index in [9.17, 15) is 4.79 Å². The Hall–Kier alpha value is -1.91. The van der Waals surface area contributed by atoms with Crippen molar-refractivity contribution < 1.29 is 9.90 Å². The molecule has 0 aliphatic heterocycles. The second kappa shape index (κ2) is 4.53. The second-order valence-electron chi connectivity index (χ2n) is 4.34. The predicted molar refractivity (Wildman–Crippen MR) is 63.6 cm³/mol. The molecule has 90 valence electrons. The number of hydrogen-bond acceptors (Lipinski definition) is 3. The van der Waals surface area contributed by atoms with E-state index in [1.54, 1.807) is 6.20 Å². The van der Waals surface area contributed by atoms with Crippen molar-refractivity contribution in [3.05, 3.63) is 24.2 Å². The van der Waals surface area contributed by atoms with Crippen LogP contribution < -0.4 is 0 Å². The van der Waals surface area contributed by atoms with Gasteiger partial charge in [-0.25, -0.2) is 9.97 Å². The normalized spacial score (nSPS) is 12.8. The molecule has 5 nitrogen and oxygen atoms in total. The van der Waals surface area contributed by atoms with Gasteiger partial charge < -0.3 is 9.67 Å². The summed E-state index contributed by atoms with van der Waals surface area (Å²) in [4.78, 5) is 19.3. The van der Waals surface area contributed by atoms with E-state index in [4.69, 9.17) is 5.11 Å². The predicted octanol–water partition coefficient (Wildman–Crippen LogP) is 1.62. The van der Waals surface area contributed by atoms with Gasteiger partial charge in [0.05, 0.1) is 0 Å². The van der Waals surface area contributed by atoms with Crippen LogP contribution >= 0.6 is 0 Å². The number of rotatable bonds is 4. The summed E-state index contributed by atoms with van der Waals surface area (Å²) in [6.07, 6.45) is 2.55. The maximum absolute atomic E-state index is 10.6. The largest absolute Gasteiger partial charge is 0.481 e. The van der Waals surface area contributed by atoms with E-state index in [0.717, 1.165) is 17.0 Å². The Bertz CT molecular complexity index is 548. The first-order valence-electron chi connectivity index (χ1n) is 5.56. The molecule has 0 fully saturated rings. The van der Waals surface area contributed by atoms with Crippen LogP contribution in [0.2, 0.25) is 0 Å². The molecule has 2 heterocycles. The summed E-state index contributed by atoms with van der Waals surface area (Å²) in [5.74, 6) is 0.185. The van der Waals surface area contributed by atoms with Crippen molar-refractivity contribution in [2.45, 2.75) is 19.8 Å². The Morgan fingerprint density at radius 2 is 2.35 bits per heavy atom. The third kappa shape index (κ3) is 2.43. The first-order chi connectivity index (χ1) is 8.08. The maximum Gasteiger partial charge on any atom is 0.303 e. The van der Waals surface area contributed by atoms with Gasteiger partial charge in [0.2, 0.25) is 0 Å². The van der Waals surface area contributed by atoms with Gasteiger partial charge in [-0.05, 0) is 18.1 Å². The van der Waals surface area contributed by atoms with Crippen molar-refractivity contribution >= 4 is 17.1 Å². The summed E-state index contributed by atoms with van der Waals surface area (Å²) in [5.41, 5.74) is 1.69. The van der Waals surface area contributed by atoms with Crippen LogP contribution in [0.3, 0.4) is 0 Å². The van der Waals surface area contributed by atoms with Gasteiger partial charge >= 0.3 is 5.97 Å². The van der Waals surface area contributed by atoms with Crippen LogP contribution in [0.1, 0.15) is 19.2 Å². The van der Waals surface area contributed by atoms with Gasteiger partial charge in [-0.1, -0.05) is 6.92 Å². The van der Waals surface area contributed by atoms with E-state index in [0.29, 0.717) is 6.42 Å². The summed E-state index contributed by atoms with van der Waals surface area (Å²) in [6, 6.07) is 3.76. The van der Waals surface area contributed by atoms with Crippen molar-refractivity contribution in [2.75, 3.05) is 0 Å². The molecule has 1 atom stereocenters. The SMILES string of the molecule is CC(CC(=O)O)Cc1nc2cccnc2n1C. The van der Waals surface area contributed by atoms with Gasteiger partial charge in [-0.3, -0.25) is 4.79 Å². The number of fused-ring (bicyclic) bond motifs is 1. The zero-order valence-electron chi connectivity index (χ0n) is 9.92. The van der Waals surface area contributed by atoms with E-state index in [1.807, 2.05) is 30.7 Å². The van der Waals surface area contributed by atoms with Crippen LogP contribution in [0.4, 0.5) is 0 Å². The minimum absolute atomic E-state index is 0.0722. The molecule has 1 unspecified atom stereocenters. The molecule has 0 aliphatic rings. The Morgan fingerprint density at radius 1 is 1.59 bits per heavy atom. The fourth-order valence-corrected chi connectivity index (χ4v) is 1.93. The number of carboxylic acid groups (broad SMARTS) is 1. The highest BCUT2D eigenvalue weighted by atomic mass is 16.4. The molecule has 0 saturated carbocycles. The number of aliphatic carboxylic acids is 1. The summed E-state index contributed by atoms with van der Waals surface area (Å²) in [6.45, 7) is 1.92. The lowest BCUT2D eigenvalue weighted by molar-refractivity contribution is -0.137. The minimum atomic E-state index is -0.769. The Balaban J connectivity index is 2.24. The van der Waals surface area contributed by atoms with Crippen molar-refractivity contribution in [3.8, 4) is 0 Å². The third-order valence-electron chi connectivity index (χ3n) is 2.77. The topological polar surface area (TPSA) is 68.0 Å². The quantitative estimate of drug-likeness (QED) is 0.871. The maximum atomic E-state index is 10.6. The summed E-state index contributed by atoms with van der Waals surface area (Å²) < 4.78 is 1.92. The highest BCUT2D eigenvalue weighted by molar-refractivity contribution is 5.71. The Kier molecular flexibility index (Phi) is 3.08. The molecule has 1 N–H and O–H groups in total. The number of nitrogens with zero attached hydrogens (tertiary/aromatic N) is 3. The molecule has 0 saturated heterocycles. The number of hydrogen-bond donors (Lipinski definition) is 1. The van der Waals surface area contributed by atoms with Gasteiger partial charge in [0, 0.05) is 26.1 Å². The Labute approximate surface area is 99.1 Å². The van der Waals surface area contributed by atoms with Gasteiger partial charge in [-0.15, -0.1) is 0 Å². The van der Waals surface area contributed by atoms with Crippen molar-refractivity contribution in [2.24, 2.45) is 13.0 Å². The number of aromatic nitrogens is 3. The van der Waals surface area contributed by atoms with Crippen LogP contribution in [0.25, 0.3) is 11.2 Å². The summed E-state index contributed by atoms with van der Waals surface area (Å²) >= 11 is 0. The van der Waals surface area contributed by atoms with E-state index in [-0.39, 0.29) is 12.3 Å². The highest BCUT2D eigenvalue weighted by Crippen LogP contribution is 2.16. The number of carbonyl (C=O) groups is 1. The van der Waals surface area contributed by atoms with Crippen molar-refractivity contribution in [3.63, 3.8) is 0 Å². The van der Waals surface area contributed by atoms with Crippen LogP contribution in [0.15, 0.2) is 18.3 Å². The molecule has 2 rings (SSSR count). The molecular weight excluding hydrogens is 218 g/mol. The molecule has 5 heteroatoms. The van der Waals surface area contributed by atoms with E-state index >= 15 is 0 Å². The average Bonchev–Trinajstić information content (AvgIpc) is 2.55. The molecule has 2 aromatic rings. The fourth-order valence-electron chi connectivity index (χ4n) is 1.93. The number of aryl methyl sites for hydroxylation is 1. The van der Waals surface area contributed by atoms with Crippen LogP contribution in [0.5, 0.6) is 0 Å². The lowest BCUT2D eigenvalue weighted by atomic mass is 10.0. The van der Waals surface area contributed by atoms with Crippen LogP contribution in [-0.4, -0.2) is 25.6 Å². The van der Waals surface area contributed by atoms with E-state index < -0.39 is 5.97 Å². The molecule has 0 amide bonds. The molecule has 0 aromatic carbocycles. The van der Waals surface area contributed by atoms with Crippen molar-refractivity contribution in [1.29, 1.82) is 0 Å². The van der Waals surface area contributed by atoms with Crippen molar-refractivity contribution in [1.82, 2.24) is 14.5 Å². The second-order valence-corrected chi connectivity index (χ2v) is 4.34. The van der Waals surface area contributed by atoms with Crippen LogP contribution in [0, 0.1) is 5.92 Å². The van der Waals surface area contributed by atoms with Gasteiger partial charge in [0.1, 0.15) is 11.3 Å². The van der Waals surface area contributed by atoms with E-state index in [1.165, 1.54) is 0 Å². The molecular formula is C12H15N3O2. The average molecular weight is 233 g/mol. The van der Waals surface area contributed by atoms with Crippen LogP contribution in [-0.2, 0) is 18.3 Å². The number of pyridine rings is 1. The molecule has 0 bridgehead atoms. The van der Waals surface area contributed by atoms with Gasteiger partial charge in [-0.2, -0.15) is 0 Å². The third-order valence-corrected chi connectivity index (χ3v) is 2.77. The smallest absolute Gasteiger partial charge is 0.303 e. The first kappa shape index (κ1) is 11.6. The lowest BCUT2D eigenvalue weighted by Gasteiger charge is -2.07. The van der Waals surface area contributed by atoms with Gasteiger partial charge in [0.25, 0.3) is 0 Å². The zero-order valence-corrected chi connectivity index (χ0v) is 9.92. The number of carboxylic acids is 1. The van der Waals surface area contributed by atoms with E-state index in [2.05, 4.69) is 9.97 Å². The molecule has 0 radical (unpaired) electrons. The molecule has 0 aliphatic carbocycles. The monoisotopic (exact) mass is 233 g/mol. The summed E-state index contributed by atoms with van der Waals surface area (Å²) in [5, 5.41) is 8.73. The standard InChI is InChI=1S/C12H15N3O2/c1-8(7-11(16)17)6-10-14-9-4-3-5-13-12(9)15(10)2/h3-5,8H,6-7H2,1-2H3,(H,16,17). The zero-order chi connectivity index (χ0) is 12.4. The van der Waals surface area contributed by atoms with Gasteiger partial charge in [0.15, 0.2) is 5.65 Å². The number of imidazole rings is 1. The Morgan fingerprint density at radius 3 is 3.00 bits per heavy atom. The lowest BCUT2D eigenvalue weighted by Crippen LogP contribution is -2.10. The summed E-state index contributed by atoms with van der Waals surface area (Å²) in [7, 11) is 1.91.